The van der Waals surface area contributed by atoms with E-state index in [0.717, 1.165) is 32.1 Å². The van der Waals surface area contributed by atoms with Crippen LogP contribution in [0.25, 0.3) is 0 Å². The Bertz CT molecular complexity index is 1220. The van der Waals surface area contributed by atoms with Gasteiger partial charge in [0, 0.05) is 0 Å². The number of amides is 1. The second kappa shape index (κ2) is 15.8. The number of nitrogens with one attached hydrogen (secondary N) is 1. The van der Waals surface area contributed by atoms with E-state index < -0.39 is 5.97 Å². The zero-order chi connectivity index (χ0) is 27.9. The van der Waals surface area contributed by atoms with Crippen molar-refractivity contribution < 1.29 is 28.5 Å². The molecule has 206 valence electrons. The first-order valence-electron chi connectivity index (χ1n) is 13.2. The molecule has 1 N–H and O–H groups in total. The first-order valence-corrected chi connectivity index (χ1v) is 13.2. The number of hydrogen-bond donors (Lipinski definition) is 1. The highest BCUT2D eigenvalue weighted by atomic mass is 16.6. The van der Waals surface area contributed by atoms with E-state index in [9.17, 15) is 9.59 Å². The molecule has 0 fully saturated rings. The standard InChI is InChI=1S/C31H36N2O6/c1-4-6-8-23-9-14-27(15-10-23)38-22-30(34)33-32-21-24-11-18-28(29(20-24)36-3)39-31(35)25-12-16-26(17-13-25)37-19-7-5-2/h9-18,20-21H,4-8,19,22H2,1-3H3,(H,33,34). The van der Waals surface area contributed by atoms with E-state index in [-0.39, 0.29) is 18.3 Å². The lowest BCUT2D eigenvalue weighted by atomic mass is 10.1. The zero-order valence-electron chi connectivity index (χ0n) is 22.8. The van der Waals surface area contributed by atoms with E-state index in [4.69, 9.17) is 18.9 Å². The minimum atomic E-state index is -0.516. The summed E-state index contributed by atoms with van der Waals surface area (Å²) in [6.45, 7) is 4.74. The maximum Gasteiger partial charge on any atom is 0.343 e. The number of hydrogen-bond acceptors (Lipinski definition) is 7. The van der Waals surface area contributed by atoms with Gasteiger partial charge in [0.15, 0.2) is 18.1 Å². The molecule has 0 aliphatic carbocycles. The number of ether oxygens (including phenoxy) is 4. The van der Waals surface area contributed by atoms with Crippen LogP contribution >= 0.6 is 0 Å². The summed E-state index contributed by atoms with van der Waals surface area (Å²) in [5.41, 5.74) is 4.72. The fourth-order valence-electron chi connectivity index (χ4n) is 3.52. The van der Waals surface area contributed by atoms with Crippen LogP contribution in [0.4, 0.5) is 0 Å². The number of unbranched alkanes of at least 4 members (excludes halogenated alkanes) is 2. The van der Waals surface area contributed by atoms with E-state index in [1.54, 1.807) is 42.5 Å². The summed E-state index contributed by atoms with van der Waals surface area (Å²) >= 11 is 0. The van der Waals surface area contributed by atoms with Crippen molar-refractivity contribution in [2.24, 2.45) is 5.10 Å². The van der Waals surface area contributed by atoms with Crippen molar-refractivity contribution >= 4 is 18.1 Å². The fraction of sp³-hybridized carbons (Fsp3) is 0.323. The van der Waals surface area contributed by atoms with E-state index in [1.165, 1.54) is 18.9 Å². The maximum absolute atomic E-state index is 12.6. The average molecular weight is 533 g/mol. The van der Waals surface area contributed by atoms with Crippen molar-refractivity contribution in [1.82, 2.24) is 5.43 Å². The summed E-state index contributed by atoms with van der Waals surface area (Å²) < 4.78 is 22.0. The Labute approximate surface area is 229 Å². The molecule has 0 heterocycles. The summed E-state index contributed by atoms with van der Waals surface area (Å²) in [5.74, 6) is 1.04. The number of benzene rings is 3. The number of hydrazone groups is 1. The first-order chi connectivity index (χ1) is 19.0. The number of methoxy groups -OCH3 is 1. The van der Waals surface area contributed by atoms with Crippen LogP contribution in [-0.2, 0) is 11.2 Å². The highest BCUT2D eigenvalue weighted by molar-refractivity contribution is 5.92. The molecule has 8 heteroatoms. The number of nitrogens with zero attached hydrogens (tertiary/aromatic N) is 1. The van der Waals surface area contributed by atoms with Gasteiger partial charge in [0.05, 0.1) is 25.5 Å². The molecule has 0 aromatic heterocycles. The minimum Gasteiger partial charge on any atom is -0.494 e. The Morgan fingerprint density at radius 1 is 0.846 bits per heavy atom. The molecule has 0 aliphatic rings. The molecule has 0 unspecified atom stereocenters. The lowest BCUT2D eigenvalue weighted by molar-refractivity contribution is -0.123. The van der Waals surface area contributed by atoms with Crippen molar-refractivity contribution in [1.29, 1.82) is 0 Å². The lowest BCUT2D eigenvalue weighted by Crippen LogP contribution is -2.24. The van der Waals surface area contributed by atoms with Crippen LogP contribution in [-0.4, -0.2) is 38.4 Å². The van der Waals surface area contributed by atoms with Gasteiger partial charge in [-0.25, -0.2) is 10.2 Å². The van der Waals surface area contributed by atoms with Gasteiger partial charge >= 0.3 is 5.97 Å². The molecule has 3 rings (SSSR count). The van der Waals surface area contributed by atoms with Crippen molar-refractivity contribution in [3.63, 3.8) is 0 Å². The Balaban J connectivity index is 1.49. The third kappa shape index (κ3) is 9.81. The summed E-state index contributed by atoms with van der Waals surface area (Å²) in [7, 11) is 1.48. The zero-order valence-corrected chi connectivity index (χ0v) is 22.8. The van der Waals surface area contributed by atoms with Crippen LogP contribution in [0.2, 0.25) is 0 Å². The molecule has 8 nitrogen and oxygen atoms in total. The van der Waals surface area contributed by atoms with E-state index in [1.807, 2.05) is 24.3 Å². The van der Waals surface area contributed by atoms with Crippen LogP contribution in [0.1, 0.15) is 61.0 Å². The van der Waals surface area contributed by atoms with Gasteiger partial charge in [-0.3, -0.25) is 4.79 Å². The van der Waals surface area contributed by atoms with Crippen LogP contribution < -0.4 is 24.4 Å². The van der Waals surface area contributed by atoms with E-state index in [2.05, 4.69) is 24.4 Å². The fourth-order valence-corrected chi connectivity index (χ4v) is 3.52. The molecule has 0 bridgehead atoms. The van der Waals surface area contributed by atoms with Gasteiger partial charge < -0.3 is 18.9 Å². The maximum atomic E-state index is 12.6. The van der Waals surface area contributed by atoms with Crippen LogP contribution in [0.5, 0.6) is 23.0 Å². The van der Waals surface area contributed by atoms with Gasteiger partial charge in [0.2, 0.25) is 0 Å². The number of rotatable bonds is 15. The van der Waals surface area contributed by atoms with Crippen molar-refractivity contribution in [2.45, 2.75) is 46.0 Å². The summed E-state index contributed by atoms with van der Waals surface area (Å²) in [6, 6.07) is 19.5. The molecular weight excluding hydrogens is 496 g/mol. The largest absolute Gasteiger partial charge is 0.494 e. The normalized spacial score (nSPS) is 10.7. The predicted molar refractivity (Wildman–Crippen MR) is 151 cm³/mol. The Morgan fingerprint density at radius 2 is 1.54 bits per heavy atom. The quantitative estimate of drug-likeness (QED) is 0.0853. The monoisotopic (exact) mass is 532 g/mol. The first kappa shape index (κ1) is 29.2. The molecule has 39 heavy (non-hydrogen) atoms. The molecule has 0 atom stereocenters. The van der Waals surface area contributed by atoms with Gasteiger partial charge in [0.1, 0.15) is 11.5 Å². The average Bonchev–Trinajstić information content (AvgIpc) is 2.96. The Kier molecular flexibility index (Phi) is 11.9. The molecule has 0 radical (unpaired) electrons. The Hall–Kier alpha value is -4.33. The number of aryl methyl sites for hydroxylation is 1. The smallest absolute Gasteiger partial charge is 0.343 e. The number of carbonyl (C=O) groups is 2. The predicted octanol–water partition coefficient (Wildman–Crippen LogP) is 5.97. The molecular formula is C31H36N2O6. The van der Waals surface area contributed by atoms with Gasteiger partial charge in [-0.05, 0) is 85.0 Å². The molecule has 1 amide bonds. The third-order valence-corrected chi connectivity index (χ3v) is 5.76. The Morgan fingerprint density at radius 3 is 2.23 bits per heavy atom. The number of carbonyl (C=O) groups excluding carboxylic acids is 2. The second-order valence-electron chi connectivity index (χ2n) is 8.86. The van der Waals surface area contributed by atoms with Gasteiger partial charge in [-0.2, -0.15) is 5.10 Å². The molecule has 0 aliphatic heterocycles. The van der Waals surface area contributed by atoms with Gasteiger partial charge in [0.25, 0.3) is 5.91 Å². The van der Waals surface area contributed by atoms with Crippen LogP contribution in [0.15, 0.2) is 71.8 Å². The summed E-state index contributed by atoms with van der Waals surface area (Å²) in [5, 5.41) is 3.97. The highest BCUT2D eigenvalue weighted by Gasteiger charge is 2.13. The third-order valence-electron chi connectivity index (χ3n) is 5.76. The van der Waals surface area contributed by atoms with Crippen molar-refractivity contribution in [3.05, 3.63) is 83.4 Å². The van der Waals surface area contributed by atoms with Gasteiger partial charge in [-0.1, -0.05) is 38.8 Å². The molecule has 3 aromatic carbocycles. The second-order valence-corrected chi connectivity index (χ2v) is 8.86. The van der Waals surface area contributed by atoms with Crippen molar-refractivity contribution in [3.8, 4) is 23.0 Å². The summed E-state index contributed by atoms with van der Waals surface area (Å²) in [4.78, 5) is 24.7. The van der Waals surface area contributed by atoms with Gasteiger partial charge in [-0.15, -0.1) is 0 Å². The van der Waals surface area contributed by atoms with E-state index >= 15 is 0 Å². The van der Waals surface area contributed by atoms with Crippen LogP contribution in [0.3, 0.4) is 0 Å². The minimum absolute atomic E-state index is 0.157. The summed E-state index contributed by atoms with van der Waals surface area (Å²) in [6.07, 6.45) is 6.81. The molecule has 0 saturated carbocycles. The SMILES string of the molecule is CCCCOc1ccc(C(=O)Oc2ccc(C=NNC(=O)COc3ccc(CCCC)cc3)cc2OC)cc1. The molecule has 0 saturated heterocycles. The van der Waals surface area contributed by atoms with Crippen molar-refractivity contribution in [2.75, 3.05) is 20.3 Å². The topological polar surface area (TPSA) is 95.5 Å². The van der Waals surface area contributed by atoms with Crippen LogP contribution in [0, 0.1) is 0 Å². The highest BCUT2D eigenvalue weighted by Crippen LogP contribution is 2.28. The molecule has 0 spiro atoms. The van der Waals surface area contributed by atoms with E-state index in [0.29, 0.717) is 35.0 Å². The lowest BCUT2D eigenvalue weighted by Gasteiger charge is -2.10. The number of esters is 1. The molecule has 3 aromatic rings.